The zero-order chi connectivity index (χ0) is 79.4. The van der Waals surface area contributed by atoms with Crippen molar-refractivity contribution in [3.05, 3.63) is 135 Å². The Morgan fingerprint density at radius 3 is 1.68 bits per heavy atom. The van der Waals surface area contributed by atoms with Gasteiger partial charge >= 0.3 is 0 Å². The minimum atomic E-state index is -5.13. The third kappa shape index (κ3) is 23.6. The molecule has 9 aromatic rings. The molecule has 3 heterocycles. The van der Waals surface area contributed by atoms with Gasteiger partial charge in [0.05, 0.1) is 73.2 Å². The molecule has 0 aliphatic carbocycles. The Hall–Kier alpha value is -9.72. The molecule has 6 aromatic carbocycles. The number of thioether (sulfide) groups is 3. The molecule has 9 N–H and O–H groups in total. The van der Waals surface area contributed by atoms with Crippen LogP contribution in [0.3, 0.4) is 0 Å². The van der Waals surface area contributed by atoms with Gasteiger partial charge in [-0.3, -0.25) is 41.8 Å². The number of rotatable bonds is 36. The average Bonchev–Trinajstić information content (AvgIpc) is 1.60. The minimum Gasteiger partial charge on any atom is -0.493 e. The second kappa shape index (κ2) is 35.3. The Balaban J connectivity index is 1.22. The number of anilines is 4. The number of aromatic nitrogens is 5. The van der Waals surface area contributed by atoms with E-state index in [4.69, 9.17) is 4.74 Å². The summed E-state index contributed by atoms with van der Waals surface area (Å²) in [6.07, 6.45) is -0.490. The molecule has 109 heavy (non-hydrogen) atoms. The fourth-order valence-corrected chi connectivity index (χ4v) is 16.3. The lowest BCUT2D eigenvalue weighted by molar-refractivity contribution is -0.385. The number of nitriles is 1. The molecular formula is C61H61N17O22S9. The third-order valence-corrected chi connectivity index (χ3v) is 23.0. The fraction of sp³-hybridized carbons (Fsp3) is 0.262. The first-order valence-corrected chi connectivity index (χ1v) is 43.6. The molecule has 39 nitrogen and oxygen atoms in total. The van der Waals surface area contributed by atoms with Gasteiger partial charge < -0.3 is 20.5 Å². The summed E-state index contributed by atoms with van der Waals surface area (Å²) in [6, 6.07) is 24.6. The van der Waals surface area contributed by atoms with Gasteiger partial charge in [0.25, 0.3) is 66.4 Å². The van der Waals surface area contributed by atoms with E-state index in [2.05, 4.69) is 77.6 Å². The molecule has 0 aliphatic heterocycles. The fourth-order valence-electron chi connectivity index (χ4n) is 9.86. The number of imidazole rings is 1. The lowest BCUT2D eigenvalue weighted by Crippen LogP contribution is -2.08. The number of hydrogen-bond donors (Lipinski definition) is 9. The number of nitro benzene ring substituents is 1. The van der Waals surface area contributed by atoms with Crippen LogP contribution in [-0.4, -0.2) is 159 Å². The van der Waals surface area contributed by atoms with E-state index >= 15 is 0 Å². The van der Waals surface area contributed by atoms with E-state index in [1.54, 1.807) is 38.1 Å². The first-order chi connectivity index (χ1) is 51.2. The van der Waals surface area contributed by atoms with E-state index in [1.807, 2.05) is 0 Å². The Bertz CT molecular complexity index is 5950. The molecule has 0 atom stereocenters. The van der Waals surface area contributed by atoms with E-state index in [1.165, 1.54) is 59.9 Å². The highest BCUT2D eigenvalue weighted by Gasteiger charge is 2.26. The van der Waals surface area contributed by atoms with Crippen molar-refractivity contribution < 1.29 is 92.6 Å². The molecule has 0 spiro atoms. The Labute approximate surface area is 634 Å². The maximum atomic E-state index is 12.4. The number of para-hydroxylation sites is 2. The summed E-state index contributed by atoms with van der Waals surface area (Å²) < 4.78 is 210. The number of hydrogen-bond acceptors (Lipinski definition) is 34. The van der Waals surface area contributed by atoms with Gasteiger partial charge in [-0.15, -0.1) is 54.2 Å². The van der Waals surface area contributed by atoms with Gasteiger partial charge in [-0.05, 0) is 135 Å². The predicted octanol–water partition coefficient (Wildman–Crippen LogP) is 13.7. The van der Waals surface area contributed by atoms with Gasteiger partial charge in [0.1, 0.15) is 45.0 Å². The van der Waals surface area contributed by atoms with Crippen LogP contribution in [0.4, 0.5) is 74.5 Å². The number of fused-ring (bicyclic) bond motifs is 3. The van der Waals surface area contributed by atoms with Gasteiger partial charge in [0.2, 0.25) is 17.8 Å². The maximum absolute atomic E-state index is 12.4. The Kier molecular flexibility index (Phi) is 27.0. The molecule has 0 amide bonds. The van der Waals surface area contributed by atoms with Gasteiger partial charge in [-0.2, -0.15) is 80.9 Å². The van der Waals surface area contributed by atoms with Gasteiger partial charge in [-0.1, -0.05) is 36.9 Å². The summed E-state index contributed by atoms with van der Waals surface area (Å²) in [5.41, 5.74) is 0.529. The van der Waals surface area contributed by atoms with Gasteiger partial charge in [-0.25, -0.2) is 4.98 Å². The number of nitrogens with zero attached hydrogens (tertiary/aromatic N) is 15. The maximum Gasteiger partial charge on any atom is 0.297 e. The van der Waals surface area contributed by atoms with Crippen molar-refractivity contribution in [1.29, 1.82) is 5.26 Å². The monoisotopic (exact) mass is 1670 g/mol. The predicted molar refractivity (Wildman–Crippen MR) is 401 cm³/mol. The van der Waals surface area contributed by atoms with Crippen LogP contribution < -0.4 is 15.4 Å². The molecule has 0 saturated heterocycles. The van der Waals surface area contributed by atoms with Crippen LogP contribution >= 0.6 is 35.3 Å². The average molecular weight is 1670 g/mol. The summed E-state index contributed by atoms with van der Waals surface area (Å²) in [5.74, 6) is -4.00. The number of non-ortho nitro benzene ring substituents is 1. The highest BCUT2D eigenvalue weighted by molar-refractivity contribution is 8.00. The lowest BCUT2D eigenvalue weighted by Gasteiger charge is -2.14. The number of azo groups is 4. The van der Waals surface area contributed by atoms with Crippen LogP contribution in [0.5, 0.6) is 11.6 Å². The largest absolute Gasteiger partial charge is 0.493 e. The van der Waals surface area contributed by atoms with E-state index in [-0.39, 0.29) is 162 Å². The van der Waals surface area contributed by atoms with Crippen LogP contribution in [0.1, 0.15) is 54.9 Å². The normalized spacial score (nSPS) is 12.7. The zero-order valence-electron chi connectivity index (χ0n) is 56.6. The molecule has 48 heteroatoms. The van der Waals surface area contributed by atoms with Crippen molar-refractivity contribution in [2.45, 2.75) is 77.6 Å². The first-order valence-electron chi connectivity index (χ1n) is 31.4. The zero-order valence-corrected chi connectivity index (χ0v) is 64.0. The van der Waals surface area contributed by atoms with Crippen molar-refractivity contribution in [2.24, 2.45) is 40.9 Å². The summed E-state index contributed by atoms with van der Waals surface area (Å²) in [6.45, 7) is 4.48. The molecule has 0 fully saturated rings. The van der Waals surface area contributed by atoms with Crippen LogP contribution in [0.15, 0.2) is 169 Å². The van der Waals surface area contributed by atoms with E-state index < -0.39 is 116 Å². The number of nitro groups is 1. The van der Waals surface area contributed by atoms with E-state index in [9.17, 15) is 98.3 Å². The van der Waals surface area contributed by atoms with Crippen molar-refractivity contribution in [2.75, 3.05) is 57.5 Å². The summed E-state index contributed by atoms with van der Waals surface area (Å²) >= 11 is 2.84. The second-order valence-electron chi connectivity index (χ2n) is 23.0. The van der Waals surface area contributed by atoms with Crippen molar-refractivity contribution in [1.82, 2.24) is 24.3 Å². The van der Waals surface area contributed by atoms with Crippen LogP contribution in [0, 0.1) is 35.3 Å². The summed E-state index contributed by atoms with van der Waals surface area (Å²) in [5, 5.41) is 75.1. The number of pyridine rings is 1. The number of nitrogens with one attached hydrogen (secondary N) is 2. The molecule has 0 bridgehead atoms. The van der Waals surface area contributed by atoms with E-state index in [0.717, 1.165) is 59.6 Å². The Morgan fingerprint density at radius 1 is 0.560 bits per heavy atom. The summed E-state index contributed by atoms with van der Waals surface area (Å²) in [7, 11) is -27.8. The SMILES string of the molecule is CCc1c(N=Nc2cc(C)c(N=Nc3cc(Nc4nc(Nc5cccc(S(=O)(=O)O)c5)nc(SCCCS(=O)(=O)O)n4)c(N=Nc4cc(C)c(N=Nc5ccc([N+](=O)[O-])cc5S(=O)(=O)O)cc4SCCCS(=O)(=O)O)cc3SCCCS(=O)(=O)O)cc2OCCCS(=O)(=O)O)c(O)n2c(nc3ccccc32)c1C#N. The number of aryl methyl sites for hydroxylation is 2. The molecule has 3 aromatic heterocycles. The van der Waals surface area contributed by atoms with Gasteiger partial charge in [0.15, 0.2) is 16.5 Å². The molecule has 576 valence electrons. The lowest BCUT2D eigenvalue weighted by atomic mass is 10.1. The number of benzene rings is 6. The van der Waals surface area contributed by atoms with Gasteiger partial charge in [0, 0.05) is 45.0 Å². The van der Waals surface area contributed by atoms with Crippen LogP contribution in [0.2, 0.25) is 0 Å². The van der Waals surface area contributed by atoms with Crippen molar-refractivity contribution in [3.63, 3.8) is 0 Å². The second-order valence-corrected chi connectivity index (χ2v) is 35.4. The van der Waals surface area contributed by atoms with Crippen molar-refractivity contribution >= 4 is 187 Å². The van der Waals surface area contributed by atoms with Crippen LogP contribution in [-0.2, 0) is 67.1 Å². The number of aromatic hydroxyl groups is 1. The Morgan fingerprint density at radius 2 is 1.09 bits per heavy atom. The summed E-state index contributed by atoms with van der Waals surface area (Å²) in [4.78, 5) is 27.5. The highest BCUT2D eigenvalue weighted by Crippen LogP contribution is 2.46. The highest BCUT2D eigenvalue weighted by atomic mass is 32.2. The molecule has 0 radical (unpaired) electrons. The quantitative estimate of drug-likeness (QED) is 0.00440. The third-order valence-electron chi connectivity index (χ3n) is 14.8. The standard InChI is InChI=1S/C61H61N17O22S9/c1-4-40-41(34-62)57-64-42-14-5-6-15-51(42)77(57)58(79)56(40)76-73-48-26-35(2)44(31-52(48)100-18-8-22-104(82,83)84)70-75-50-30-46(65-60-66-59(63-37-12-7-13-39(28-37)108(94,95)96)67-61(68-60)103-21-11-25-107(91,92)93)47(33-54(50)102-20-10-24-106(88,89)90)72-74-49-27-36(3)45(32-53(49)101-19-9-23-105(85,86)87)71-69-43-17-16-38(78(80)81)29-55(43)109(97,98)99/h5-7,12-17,26-33,79H,4,8-11,18-25H2,1-3H3,(H,82,83,84)(H,85,86,87)(H,88,89,90)(H,91,92,93)(H,94,95,96)(H,97,98,99)(H2,63,65,66,67,68). The molecule has 0 aliphatic rings. The molecule has 0 unspecified atom stereocenters. The molecule has 9 rings (SSSR count). The number of ether oxygens (including phenoxy) is 1. The first kappa shape index (κ1) is 83.3. The molecule has 0 saturated carbocycles. The van der Waals surface area contributed by atoms with E-state index in [0.29, 0.717) is 22.7 Å². The molecular weight excluding hydrogens is 1610 g/mol. The van der Waals surface area contributed by atoms with Crippen LogP contribution in [0.25, 0.3) is 16.7 Å². The topological polar surface area (TPSA) is 602 Å². The smallest absolute Gasteiger partial charge is 0.297 e. The van der Waals surface area contributed by atoms with Crippen molar-refractivity contribution in [3.8, 4) is 17.7 Å². The minimum absolute atomic E-state index is 0.0101.